The Morgan fingerprint density at radius 3 is 2.75 bits per heavy atom. The fourth-order valence-corrected chi connectivity index (χ4v) is 3.20. The van der Waals surface area contributed by atoms with Crippen molar-refractivity contribution in [1.82, 2.24) is 10.2 Å². The van der Waals surface area contributed by atoms with E-state index < -0.39 is 15.7 Å². The molecule has 0 bridgehead atoms. The van der Waals surface area contributed by atoms with E-state index >= 15 is 0 Å². The number of aromatic hydroxyl groups is 1. The van der Waals surface area contributed by atoms with Crippen LogP contribution < -0.4 is 5.32 Å². The fraction of sp³-hybridized carbons (Fsp3) is 0.125. The minimum atomic E-state index is -3.45. The van der Waals surface area contributed by atoms with Crippen molar-refractivity contribution in [3.8, 4) is 5.75 Å². The predicted octanol–water partition coefficient (Wildman–Crippen LogP) is 2.31. The number of aromatic amines is 1. The Balaban J connectivity index is 1.96. The van der Waals surface area contributed by atoms with E-state index in [1.807, 2.05) is 6.07 Å². The number of sulfone groups is 1. The Morgan fingerprint density at radius 2 is 2.00 bits per heavy atom. The summed E-state index contributed by atoms with van der Waals surface area (Å²) >= 11 is 0. The first-order valence-electron chi connectivity index (χ1n) is 7.22. The molecule has 3 rings (SSSR count). The molecule has 7 nitrogen and oxygen atoms in total. The number of hydrogen-bond acceptors (Lipinski definition) is 5. The van der Waals surface area contributed by atoms with E-state index in [9.17, 15) is 18.3 Å². The van der Waals surface area contributed by atoms with Gasteiger partial charge in [0.1, 0.15) is 5.75 Å². The average Bonchev–Trinajstić information content (AvgIpc) is 3.00. The fourth-order valence-electron chi connectivity index (χ4n) is 2.29. The minimum Gasteiger partial charge on any atom is -0.506 e. The molecule has 0 saturated carbocycles. The summed E-state index contributed by atoms with van der Waals surface area (Å²) in [6.45, 7) is 1.52. The normalized spacial score (nSPS) is 11.5. The van der Waals surface area contributed by atoms with Crippen LogP contribution in [0.2, 0.25) is 0 Å². The summed E-state index contributed by atoms with van der Waals surface area (Å²) in [5.41, 5.74) is 0.879. The van der Waals surface area contributed by atoms with Crippen LogP contribution in [-0.2, 0) is 9.84 Å². The van der Waals surface area contributed by atoms with Gasteiger partial charge in [0.05, 0.1) is 21.9 Å². The van der Waals surface area contributed by atoms with Crippen molar-refractivity contribution < 1.29 is 18.3 Å². The lowest BCUT2D eigenvalue weighted by Crippen LogP contribution is -2.13. The van der Waals surface area contributed by atoms with E-state index in [0.717, 1.165) is 0 Å². The highest BCUT2D eigenvalue weighted by Gasteiger charge is 2.18. The summed E-state index contributed by atoms with van der Waals surface area (Å²) in [6.07, 6.45) is 0. The first-order chi connectivity index (χ1) is 11.4. The zero-order valence-electron chi connectivity index (χ0n) is 12.8. The Labute approximate surface area is 138 Å². The summed E-state index contributed by atoms with van der Waals surface area (Å²) in [5, 5.41) is 19.7. The summed E-state index contributed by atoms with van der Waals surface area (Å²) in [7, 11) is -3.45. The topological polar surface area (TPSA) is 112 Å². The molecule has 3 aromatic rings. The second kappa shape index (κ2) is 5.97. The molecule has 1 aromatic heterocycles. The smallest absolute Gasteiger partial charge is 0.276 e. The van der Waals surface area contributed by atoms with Gasteiger partial charge in [-0.25, -0.2) is 8.42 Å². The third-order valence-electron chi connectivity index (χ3n) is 3.64. The largest absolute Gasteiger partial charge is 0.506 e. The number of amides is 1. The van der Waals surface area contributed by atoms with Gasteiger partial charge in [-0.2, -0.15) is 5.10 Å². The highest BCUT2D eigenvalue weighted by molar-refractivity contribution is 7.91. The molecular formula is C16H15N3O4S. The molecule has 0 aliphatic heterocycles. The average molecular weight is 345 g/mol. The highest BCUT2D eigenvalue weighted by atomic mass is 32.2. The van der Waals surface area contributed by atoms with E-state index in [1.165, 1.54) is 25.1 Å². The van der Waals surface area contributed by atoms with Gasteiger partial charge in [0, 0.05) is 5.39 Å². The maximum atomic E-state index is 12.4. The van der Waals surface area contributed by atoms with E-state index in [0.29, 0.717) is 10.9 Å². The molecule has 0 unspecified atom stereocenters. The van der Waals surface area contributed by atoms with E-state index in [1.54, 1.807) is 18.2 Å². The molecular weight excluding hydrogens is 330 g/mol. The van der Waals surface area contributed by atoms with Gasteiger partial charge < -0.3 is 10.4 Å². The third kappa shape index (κ3) is 2.83. The van der Waals surface area contributed by atoms with Crippen LogP contribution in [0.25, 0.3) is 10.9 Å². The number of rotatable bonds is 4. The molecule has 0 saturated heterocycles. The lowest BCUT2D eigenvalue weighted by atomic mass is 10.2. The van der Waals surface area contributed by atoms with E-state index in [4.69, 9.17) is 0 Å². The molecule has 8 heteroatoms. The zero-order valence-corrected chi connectivity index (χ0v) is 13.6. The van der Waals surface area contributed by atoms with Crippen LogP contribution in [0.4, 0.5) is 5.69 Å². The molecule has 0 radical (unpaired) electrons. The van der Waals surface area contributed by atoms with Crippen LogP contribution in [0.5, 0.6) is 5.75 Å². The van der Waals surface area contributed by atoms with Crippen molar-refractivity contribution >= 4 is 32.3 Å². The van der Waals surface area contributed by atoms with Gasteiger partial charge in [0.2, 0.25) is 0 Å². The SMILES string of the molecule is CCS(=O)(=O)c1ccc(O)c(NC(=O)c2n[nH]c3ccccc23)c1. The number of nitrogens with one attached hydrogen (secondary N) is 2. The first kappa shape index (κ1) is 16.0. The summed E-state index contributed by atoms with van der Waals surface area (Å²) < 4.78 is 23.9. The second-order valence-electron chi connectivity index (χ2n) is 5.15. The molecule has 24 heavy (non-hydrogen) atoms. The lowest BCUT2D eigenvalue weighted by molar-refractivity contribution is 0.102. The molecule has 0 aliphatic carbocycles. The molecule has 1 amide bonds. The number of benzene rings is 2. The summed E-state index contributed by atoms with van der Waals surface area (Å²) in [5.74, 6) is -0.845. The van der Waals surface area contributed by atoms with Gasteiger partial charge in [-0.3, -0.25) is 9.89 Å². The van der Waals surface area contributed by atoms with Crippen LogP contribution in [0.15, 0.2) is 47.4 Å². The maximum Gasteiger partial charge on any atom is 0.276 e. The Hall–Kier alpha value is -2.87. The third-order valence-corrected chi connectivity index (χ3v) is 5.37. The Bertz CT molecular complexity index is 1020. The molecule has 124 valence electrons. The minimum absolute atomic E-state index is 0.0154. The van der Waals surface area contributed by atoms with Crippen molar-refractivity contribution in [2.24, 2.45) is 0 Å². The Kier molecular flexibility index (Phi) is 3.98. The molecule has 0 fully saturated rings. The van der Waals surface area contributed by atoms with Crippen molar-refractivity contribution in [2.45, 2.75) is 11.8 Å². The number of carbonyl (C=O) groups is 1. The quantitative estimate of drug-likeness (QED) is 0.628. The Morgan fingerprint density at radius 1 is 1.25 bits per heavy atom. The van der Waals surface area contributed by atoms with Crippen LogP contribution >= 0.6 is 0 Å². The van der Waals surface area contributed by atoms with Gasteiger partial charge in [-0.15, -0.1) is 0 Å². The first-order valence-corrected chi connectivity index (χ1v) is 8.88. The number of nitrogens with zero attached hydrogens (tertiary/aromatic N) is 1. The van der Waals surface area contributed by atoms with Crippen molar-refractivity contribution in [1.29, 1.82) is 0 Å². The molecule has 0 atom stereocenters. The zero-order chi connectivity index (χ0) is 17.3. The molecule has 0 spiro atoms. The van der Waals surface area contributed by atoms with Gasteiger partial charge in [-0.1, -0.05) is 25.1 Å². The van der Waals surface area contributed by atoms with Crippen molar-refractivity contribution in [3.05, 3.63) is 48.2 Å². The number of phenolic OH excluding ortho intramolecular Hbond substituents is 1. The monoisotopic (exact) mass is 345 g/mol. The number of hydrogen-bond donors (Lipinski definition) is 3. The van der Waals surface area contributed by atoms with Crippen LogP contribution in [0, 0.1) is 0 Å². The molecule has 3 N–H and O–H groups in total. The van der Waals surface area contributed by atoms with Crippen LogP contribution in [0.1, 0.15) is 17.4 Å². The second-order valence-corrected chi connectivity index (χ2v) is 7.43. The van der Waals surface area contributed by atoms with Gasteiger partial charge in [0.25, 0.3) is 5.91 Å². The summed E-state index contributed by atoms with van der Waals surface area (Å²) in [4.78, 5) is 12.5. The number of anilines is 1. The van der Waals surface area contributed by atoms with Crippen molar-refractivity contribution in [3.63, 3.8) is 0 Å². The van der Waals surface area contributed by atoms with Gasteiger partial charge in [0.15, 0.2) is 15.5 Å². The number of aromatic nitrogens is 2. The molecule has 1 heterocycles. The van der Waals surface area contributed by atoms with Gasteiger partial charge in [-0.05, 0) is 24.3 Å². The summed E-state index contributed by atoms with van der Waals surface area (Å²) in [6, 6.07) is 10.9. The number of para-hydroxylation sites is 1. The van der Waals surface area contributed by atoms with Crippen LogP contribution in [-0.4, -0.2) is 35.4 Å². The maximum absolute atomic E-state index is 12.4. The number of fused-ring (bicyclic) bond motifs is 1. The number of carbonyl (C=O) groups excluding carboxylic acids is 1. The van der Waals surface area contributed by atoms with Crippen molar-refractivity contribution in [2.75, 3.05) is 11.1 Å². The lowest BCUT2D eigenvalue weighted by Gasteiger charge is -2.09. The number of phenols is 1. The highest BCUT2D eigenvalue weighted by Crippen LogP contribution is 2.28. The molecule has 0 aliphatic rings. The van der Waals surface area contributed by atoms with E-state index in [-0.39, 0.29) is 27.8 Å². The van der Waals surface area contributed by atoms with E-state index in [2.05, 4.69) is 15.5 Å². The van der Waals surface area contributed by atoms with Crippen LogP contribution in [0.3, 0.4) is 0 Å². The number of H-pyrrole nitrogens is 1. The van der Waals surface area contributed by atoms with Gasteiger partial charge >= 0.3 is 0 Å². The predicted molar refractivity (Wildman–Crippen MR) is 89.9 cm³/mol. The molecule has 2 aromatic carbocycles. The standard InChI is InChI=1S/C16H15N3O4S/c1-2-24(22,23)10-7-8-14(20)13(9-10)17-16(21)15-11-5-3-4-6-12(11)18-19-15/h3-9,20H,2H2,1H3,(H,17,21)(H,18,19).